The monoisotopic (exact) mass is 323 g/mol. The number of carbonyl (C=O) groups excluding carboxylic acids is 1. The van der Waals surface area contributed by atoms with Gasteiger partial charge in [0.25, 0.3) is 11.1 Å². The van der Waals surface area contributed by atoms with Gasteiger partial charge in [-0.2, -0.15) is 0 Å². The third-order valence-electron chi connectivity index (χ3n) is 3.58. The zero-order chi connectivity index (χ0) is 14.7. The largest absolute Gasteiger partial charge is 0.410 e. The molecule has 0 aliphatic carbocycles. The molecule has 0 radical (unpaired) electrons. The molecule has 21 heavy (non-hydrogen) atoms. The van der Waals surface area contributed by atoms with Gasteiger partial charge in [0.2, 0.25) is 5.91 Å². The van der Waals surface area contributed by atoms with Gasteiger partial charge in [0, 0.05) is 12.6 Å². The van der Waals surface area contributed by atoms with E-state index in [1.807, 2.05) is 22.4 Å². The summed E-state index contributed by atoms with van der Waals surface area (Å²) in [7, 11) is 0. The molecule has 1 aliphatic heterocycles. The molecular formula is C14H17N3O2S2. The number of aromatic nitrogens is 2. The topological polar surface area (TPSA) is 59.2 Å². The summed E-state index contributed by atoms with van der Waals surface area (Å²) >= 11 is 2.87. The van der Waals surface area contributed by atoms with Crippen LogP contribution in [0.2, 0.25) is 0 Å². The number of rotatable bonds is 4. The van der Waals surface area contributed by atoms with Crippen LogP contribution in [-0.4, -0.2) is 39.3 Å². The second-order valence-corrected chi connectivity index (χ2v) is 6.95. The lowest BCUT2D eigenvalue weighted by Crippen LogP contribution is -2.42. The molecule has 1 fully saturated rings. The van der Waals surface area contributed by atoms with E-state index in [0.29, 0.717) is 22.9 Å². The zero-order valence-electron chi connectivity index (χ0n) is 11.8. The van der Waals surface area contributed by atoms with Crippen LogP contribution < -0.4 is 0 Å². The molecule has 112 valence electrons. The van der Waals surface area contributed by atoms with Crippen molar-refractivity contribution in [2.75, 3.05) is 12.3 Å². The van der Waals surface area contributed by atoms with Crippen molar-refractivity contribution in [1.29, 1.82) is 0 Å². The highest BCUT2D eigenvalue weighted by Gasteiger charge is 2.23. The lowest BCUT2D eigenvalue weighted by Gasteiger charge is -2.33. The summed E-state index contributed by atoms with van der Waals surface area (Å²) in [5.41, 5.74) is 0. The Kier molecular flexibility index (Phi) is 4.60. The number of thiophene rings is 1. The highest BCUT2D eigenvalue weighted by atomic mass is 32.2. The van der Waals surface area contributed by atoms with Crippen LogP contribution in [0.5, 0.6) is 0 Å². The van der Waals surface area contributed by atoms with E-state index in [-0.39, 0.29) is 5.91 Å². The summed E-state index contributed by atoms with van der Waals surface area (Å²) in [5, 5.41) is 10.4. The predicted octanol–water partition coefficient (Wildman–Crippen LogP) is 3.29. The van der Waals surface area contributed by atoms with E-state index in [1.165, 1.54) is 18.2 Å². The van der Waals surface area contributed by atoms with Gasteiger partial charge >= 0.3 is 0 Å². The fourth-order valence-electron chi connectivity index (χ4n) is 2.44. The summed E-state index contributed by atoms with van der Waals surface area (Å²) in [5.74, 6) is 1.03. The Morgan fingerprint density at radius 1 is 1.52 bits per heavy atom. The van der Waals surface area contributed by atoms with Crippen LogP contribution in [0.1, 0.15) is 26.2 Å². The average molecular weight is 323 g/mol. The van der Waals surface area contributed by atoms with Crippen LogP contribution in [0.15, 0.2) is 27.2 Å². The molecule has 0 saturated carbocycles. The van der Waals surface area contributed by atoms with Gasteiger partial charge in [0.15, 0.2) is 0 Å². The Morgan fingerprint density at radius 3 is 3.19 bits per heavy atom. The molecule has 7 heteroatoms. The molecule has 1 saturated heterocycles. The lowest BCUT2D eigenvalue weighted by atomic mass is 10.0. The molecule has 2 aromatic heterocycles. The molecule has 0 spiro atoms. The van der Waals surface area contributed by atoms with E-state index in [2.05, 4.69) is 17.1 Å². The molecule has 2 aromatic rings. The highest BCUT2D eigenvalue weighted by molar-refractivity contribution is 7.99. The maximum Gasteiger partial charge on any atom is 0.277 e. The smallest absolute Gasteiger partial charge is 0.277 e. The maximum atomic E-state index is 12.2. The van der Waals surface area contributed by atoms with Crippen LogP contribution in [0, 0.1) is 0 Å². The fourth-order valence-corrected chi connectivity index (χ4v) is 3.74. The van der Waals surface area contributed by atoms with E-state index in [0.717, 1.165) is 24.3 Å². The molecule has 0 aromatic carbocycles. The van der Waals surface area contributed by atoms with Crippen LogP contribution in [-0.2, 0) is 4.79 Å². The van der Waals surface area contributed by atoms with E-state index < -0.39 is 0 Å². The molecule has 0 N–H and O–H groups in total. The molecular weight excluding hydrogens is 306 g/mol. The van der Waals surface area contributed by atoms with Crippen molar-refractivity contribution in [1.82, 2.24) is 15.1 Å². The predicted molar refractivity (Wildman–Crippen MR) is 83.4 cm³/mol. The standard InChI is InChI=1S/C14H17N3O2S2/c1-10-5-2-3-7-17(10)12(18)9-21-14-16-15-13(19-14)11-6-4-8-20-11/h4,6,8,10H,2-3,5,7,9H2,1H3/t10-/m0/s1. The molecule has 0 unspecified atom stereocenters. The number of thioether (sulfide) groups is 1. The van der Waals surface area contributed by atoms with Crippen molar-refractivity contribution < 1.29 is 9.21 Å². The van der Waals surface area contributed by atoms with Crippen molar-refractivity contribution in [2.45, 2.75) is 37.5 Å². The molecule has 5 nitrogen and oxygen atoms in total. The van der Waals surface area contributed by atoms with Crippen molar-refractivity contribution in [2.24, 2.45) is 0 Å². The van der Waals surface area contributed by atoms with Gasteiger partial charge < -0.3 is 9.32 Å². The number of piperidine rings is 1. The third kappa shape index (κ3) is 3.47. The number of likely N-dealkylation sites (tertiary alicyclic amines) is 1. The first-order valence-corrected chi connectivity index (χ1v) is 8.90. The summed E-state index contributed by atoms with van der Waals surface area (Å²) in [6.07, 6.45) is 3.41. The Morgan fingerprint density at radius 2 is 2.43 bits per heavy atom. The minimum absolute atomic E-state index is 0.156. The number of nitrogens with zero attached hydrogens (tertiary/aromatic N) is 3. The lowest BCUT2D eigenvalue weighted by molar-refractivity contribution is -0.131. The Labute approximate surface area is 131 Å². The number of amides is 1. The van der Waals surface area contributed by atoms with Crippen molar-refractivity contribution in [3.05, 3.63) is 17.5 Å². The first-order valence-electron chi connectivity index (χ1n) is 7.03. The van der Waals surface area contributed by atoms with Gasteiger partial charge in [-0.1, -0.05) is 17.8 Å². The zero-order valence-corrected chi connectivity index (χ0v) is 13.5. The van der Waals surface area contributed by atoms with Gasteiger partial charge in [0.1, 0.15) is 0 Å². The number of hydrogen-bond donors (Lipinski definition) is 0. The maximum absolute atomic E-state index is 12.2. The van der Waals surface area contributed by atoms with Gasteiger partial charge in [-0.05, 0) is 37.6 Å². The normalized spacial score (nSPS) is 18.9. The van der Waals surface area contributed by atoms with E-state index in [9.17, 15) is 4.79 Å². The summed E-state index contributed by atoms with van der Waals surface area (Å²) in [4.78, 5) is 15.1. The van der Waals surface area contributed by atoms with Crippen molar-refractivity contribution in [3.63, 3.8) is 0 Å². The molecule has 1 amide bonds. The second-order valence-electron chi connectivity index (χ2n) is 5.07. The Bertz CT molecular complexity index is 597. The van der Waals surface area contributed by atoms with Gasteiger partial charge in [-0.3, -0.25) is 4.79 Å². The molecule has 3 heterocycles. The SMILES string of the molecule is C[C@H]1CCCCN1C(=O)CSc1nnc(-c2cccs2)o1. The Balaban J connectivity index is 1.56. The van der Waals surface area contributed by atoms with E-state index in [1.54, 1.807) is 11.3 Å². The minimum atomic E-state index is 0.156. The summed E-state index contributed by atoms with van der Waals surface area (Å²) < 4.78 is 5.57. The molecule has 1 atom stereocenters. The Hall–Kier alpha value is -1.34. The van der Waals surface area contributed by atoms with Crippen LogP contribution >= 0.6 is 23.1 Å². The van der Waals surface area contributed by atoms with Crippen molar-refractivity contribution >= 4 is 29.0 Å². The first-order chi connectivity index (χ1) is 10.2. The summed E-state index contributed by atoms with van der Waals surface area (Å²) in [6.45, 7) is 2.98. The van der Waals surface area contributed by atoms with Gasteiger partial charge in [-0.15, -0.1) is 21.5 Å². The quantitative estimate of drug-likeness (QED) is 0.808. The average Bonchev–Trinajstić information content (AvgIpc) is 3.16. The van der Waals surface area contributed by atoms with E-state index >= 15 is 0 Å². The molecule has 1 aliphatic rings. The second kappa shape index (κ2) is 6.62. The first kappa shape index (κ1) is 14.6. The molecule has 0 bridgehead atoms. The van der Waals surface area contributed by atoms with Gasteiger partial charge in [-0.25, -0.2) is 0 Å². The fraction of sp³-hybridized carbons (Fsp3) is 0.500. The minimum Gasteiger partial charge on any atom is -0.410 e. The van der Waals surface area contributed by atoms with E-state index in [4.69, 9.17) is 4.42 Å². The van der Waals surface area contributed by atoms with Crippen molar-refractivity contribution in [3.8, 4) is 10.8 Å². The van der Waals surface area contributed by atoms with Crippen LogP contribution in [0.3, 0.4) is 0 Å². The highest BCUT2D eigenvalue weighted by Crippen LogP contribution is 2.27. The van der Waals surface area contributed by atoms with Crippen LogP contribution in [0.4, 0.5) is 0 Å². The van der Waals surface area contributed by atoms with Crippen LogP contribution in [0.25, 0.3) is 10.8 Å². The van der Waals surface area contributed by atoms with Gasteiger partial charge in [0.05, 0.1) is 10.6 Å². The molecule has 3 rings (SSSR count). The number of hydrogen-bond acceptors (Lipinski definition) is 6. The number of carbonyl (C=O) groups is 1. The summed E-state index contributed by atoms with van der Waals surface area (Å²) in [6, 6.07) is 4.22. The third-order valence-corrected chi connectivity index (χ3v) is 5.24.